The lowest BCUT2D eigenvalue weighted by Crippen LogP contribution is -2.31. The molecule has 1 N–H and O–H groups in total. The summed E-state index contributed by atoms with van der Waals surface area (Å²) in [6.45, 7) is 0.00305. The van der Waals surface area contributed by atoms with Crippen LogP contribution in [0.1, 0.15) is 16.5 Å². The van der Waals surface area contributed by atoms with Crippen LogP contribution in [-0.4, -0.2) is 19.6 Å². The van der Waals surface area contributed by atoms with Gasteiger partial charge >= 0.3 is 0 Å². The number of benzene rings is 1. The Balaban J connectivity index is 2.24. The van der Waals surface area contributed by atoms with Crippen molar-refractivity contribution in [1.29, 1.82) is 0 Å². The number of halogens is 1. The van der Waals surface area contributed by atoms with Gasteiger partial charge in [-0.1, -0.05) is 18.2 Å². The van der Waals surface area contributed by atoms with Crippen molar-refractivity contribution in [2.24, 2.45) is 0 Å². The first-order valence-electron chi connectivity index (χ1n) is 5.78. The third-order valence-corrected chi connectivity index (χ3v) is 3.55. The fourth-order valence-corrected chi connectivity index (χ4v) is 2.57. The topological polar surface area (TPSA) is 38.3 Å². The molecule has 3 nitrogen and oxygen atoms in total. The average Bonchev–Trinajstić information content (AvgIpc) is 2.91. The van der Waals surface area contributed by atoms with Crippen LogP contribution in [0.15, 0.2) is 41.8 Å². The Morgan fingerprint density at radius 1 is 1.37 bits per heavy atom. The lowest BCUT2D eigenvalue weighted by molar-refractivity contribution is -0.125. The number of amides is 1. The summed E-state index contributed by atoms with van der Waals surface area (Å²) >= 11 is 1.54. The minimum atomic E-state index is -0.295. The van der Waals surface area contributed by atoms with Gasteiger partial charge in [-0.25, -0.2) is 4.39 Å². The van der Waals surface area contributed by atoms with Crippen LogP contribution in [0.4, 0.5) is 4.39 Å². The lowest BCUT2D eigenvalue weighted by Gasteiger charge is -2.17. The highest BCUT2D eigenvalue weighted by Crippen LogP contribution is 2.26. The first-order valence-corrected chi connectivity index (χ1v) is 6.66. The van der Waals surface area contributed by atoms with Crippen molar-refractivity contribution in [3.63, 3.8) is 0 Å². The molecule has 1 amide bonds. The molecule has 1 aromatic heterocycles. The summed E-state index contributed by atoms with van der Waals surface area (Å²) in [5, 5.41) is 4.82. The van der Waals surface area contributed by atoms with Crippen molar-refractivity contribution >= 4 is 17.2 Å². The maximum atomic E-state index is 13.0. The molecule has 5 heteroatoms. The van der Waals surface area contributed by atoms with Gasteiger partial charge in [-0.05, 0) is 29.1 Å². The van der Waals surface area contributed by atoms with Gasteiger partial charge in [0.15, 0.2) is 0 Å². The molecule has 1 heterocycles. The number of hydrogen-bond donors (Lipinski definition) is 1. The highest BCUT2D eigenvalue weighted by atomic mass is 32.1. The van der Waals surface area contributed by atoms with Gasteiger partial charge in [0.05, 0.1) is 6.04 Å². The maximum absolute atomic E-state index is 13.0. The Kier molecular flexibility index (Phi) is 4.65. The Morgan fingerprint density at radius 3 is 2.68 bits per heavy atom. The second kappa shape index (κ2) is 6.45. The highest BCUT2D eigenvalue weighted by Gasteiger charge is 2.17. The third kappa shape index (κ3) is 3.62. The van der Waals surface area contributed by atoms with Crippen molar-refractivity contribution < 1.29 is 13.9 Å². The van der Waals surface area contributed by atoms with E-state index in [9.17, 15) is 9.18 Å². The largest absolute Gasteiger partial charge is 0.375 e. The first-order chi connectivity index (χ1) is 9.20. The Labute approximate surface area is 115 Å². The normalized spacial score (nSPS) is 12.1. The molecule has 1 aromatic carbocycles. The number of ether oxygens (including phenoxy) is 1. The molecule has 19 heavy (non-hydrogen) atoms. The molecule has 0 spiro atoms. The van der Waals surface area contributed by atoms with Gasteiger partial charge in [0.2, 0.25) is 5.91 Å². The number of hydrogen-bond acceptors (Lipinski definition) is 3. The van der Waals surface area contributed by atoms with E-state index < -0.39 is 0 Å². The fraction of sp³-hybridized carbons (Fsp3) is 0.214. The highest BCUT2D eigenvalue weighted by molar-refractivity contribution is 7.10. The number of methoxy groups -OCH3 is 1. The molecule has 1 atom stereocenters. The SMILES string of the molecule is COCC(=O)NC(c1ccc(F)cc1)c1cccs1. The van der Waals surface area contributed by atoms with Gasteiger partial charge in [-0.15, -0.1) is 11.3 Å². The van der Waals surface area contributed by atoms with Gasteiger partial charge in [0.25, 0.3) is 0 Å². The van der Waals surface area contributed by atoms with Crippen LogP contribution in [-0.2, 0) is 9.53 Å². The molecule has 0 aliphatic heterocycles. The summed E-state index contributed by atoms with van der Waals surface area (Å²) < 4.78 is 17.8. The maximum Gasteiger partial charge on any atom is 0.246 e. The van der Waals surface area contributed by atoms with E-state index in [2.05, 4.69) is 5.32 Å². The average molecular weight is 279 g/mol. The molecular weight excluding hydrogens is 265 g/mol. The van der Waals surface area contributed by atoms with E-state index in [0.29, 0.717) is 0 Å². The van der Waals surface area contributed by atoms with Crippen LogP contribution in [0, 0.1) is 5.82 Å². The fourth-order valence-electron chi connectivity index (χ4n) is 1.76. The molecule has 2 rings (SSSR count). The molecular formula is C14H14FNO2S. The minimum absolute atomic E-state index is 0.00305. The van der Waals surface area contributed by atoms with Gasteiger partial charge < -0.3 is 10.1 Å². The molecule has 0 saturated heterocycles. The van der Waals surface area contributed by atoms with Crippen molar-refractivity contribution in [3.05, 3.63) is 58.0 Å². The summed E-state index contributed by atoms with van der Waals surface area (Å²) in [7, 11) is 1.47. The Bertz CT molecular complexity index is 525. The van der Waals surface area contributed by atoms with E-state index in [-0.39, 0.29) is 24.4 Å². The van der Waals surface area contributed by atoms with E-state index in [4.69, 9.17) is 4.74 Å². The Morgan fingerprint density at radius 2 is 2.11 bits per heavy atom. The standard InChI is InChI=1S/C14H14FNO2S/c1-18-9-13(17)16-14(12-3-2-8-19-12)10-4-6-11(15)7-5-10/h2-8,14H,9H2,1H3,(H,16,17). The molecule has 0 saturated carbocycles. The number of rotatable bonds is 5. The van der Waals surface area contributed by atoms with E-state index in [1.165, 1.54) is 19.2 Å². The zero-order valence-electron chi connectivity index (χ0n) is 10.4. The van der Waals surface area contributed by atoms with Crippen LogP contribution >= 0.6 is 11.3 Å². The second-order valence-electron chi connectivity index (χ2n) is 4.00. The van der Waals surface area contributed by atoms with E-state index in [1.54, 1.807) is 23.5 Å². The summed E-state index contributed by atoms with van der Waals surface area (Å²) in [6, 6.07) is 9.70. The van der Waals surface area contributed by atoms with E-state index in [1.807, 2.05) is 17.5 Å². The molecule has 1 unspecified atom stereocenters. The number of nitrogens with one attached hydrogen (secondary N) is 1. The first kappa shape index (κ1) is 13.7. The minimum Gasteiger partial charge on any atom is -0.375 e. The van der Waals surface area contributed by atoms with Crippen molar-refractivity contribution in [3.8, 4) is 0 Å². The molecule has 0 aliphatic carbocycles. The monoisotopic (exact) mass is 279 g/mol. The summed E-state index contributed by atoms with van der Waals surface area (Å²) in [4.78, 5) is 12.7. The molecule has 0 aliphatic rings. The van der Waals surface area contributed by atoms with Crippen LogP contribution in [0.3, 0.4) is 0 Å². The van der Waals surface area contributed by atoms with Gasteiger partial charge in [0.1, 0.15) is 12.4 Å². The predicted molar refractivity (Wildman–Crippen MR) is 72.6 cm³/mol. The van der Waals surface area contributed by atoms with Crippen molar-refractivity contribution in [2.75, 3.05) is 13.7 Å². The smallest absolute Gasteiger partial charge is 0.246 e. The quantitative estimate of drug-likeness (QED) is 0.914. The molecule has 0 fully saturated rings. The van der Waals surface area contributed by atoms with Crippen LogP contribution < -0.4 is 5.32 Å². The second-order valence-corrected chi connectivity index (χ2v) is 4.98. The predicted octanol–water partition coefficient (Wildman–Crippen LogP) is 2.74. The molecule has 0 radical (unpaired) electrons. The number of carbonyl (C=O) groups is 1. The summed E-state index contributed by atoms with van der Waals surface area (Å²) in [6.07, 6.45) is 0. The van der Waals surface area contributed by atoms with Gasteiger partial charge in [-0.2, -0.15) is 0 Å². The molecule has 0 bridgehead atoms. The Hall–Kier alpha value is -1.72. The number of thiophene rings is 1. The van der Waals surface area contributed by atoms with Crippen LogP contribution in [0.25, 0.3) is 0 Å². The summed E-state index contributed by atoms with van der Waals surface area (Å²) in [5.41, 5.74) is 0.841. The van der Waals surface area contributed by atoms with E-state index >= 15 is 0 Å². The van der Waals surface area contributed by atoms with Crippen LogP contribution in [0.2, 0.25) is 0 Å². The van der Waals surface area contributed by atoms with E-state index in [0.717, 1.165) is 10.4 Å². The van der Waals surface area contributed by atoms with Crippen molar-refractivity contribution in [1.82, 2.24) is 5.32 Å². The number of carbonyl (C=O) groups excluding carboxylic acids is 1. The van der Waals surface area contributed by atoms with Gasteiger partial charge in [0, 0.05) is 12.0 Å². The van der Waals surface area contributed by atoms with Gasteiger partial charge in [-0.3, -0.25) is 4.79 Å². The van der Waals surface area contributed by atoms with Crippen molar-refractivity contribution in [2.45, 2.75) is 6.04 Å². The molecule has 2 aromatic rings. The zero-order valence-corrected chi connectivity index (χ0v) is 11.2. The molecule has 100 valence electrons. The lowest BCUT2D eigenvalue weighted by atomic mass is 10.1. The zero-order chi connectivity index (χ0) is 13.7. The van der Waals surface area contributed by atoms with Crippen LogP contribution in [0.5, 0.6) is 0 Å². The summed E-state index contributed by atoms with van der Waals surface area (Å²) in [5.74, 6) is -0.498. The third-order valence-electron chi connectivity index (χ3n) is 2.61.